The number of nitrogens with zero attached hydrogens (tertiary/aromatic N) is 1. The minimum absolute atomic E-state index is 0.0923. The van der Waals surface area contributed by atoms with Crippen LogP contribution in [-0.2, 0) is 11.3 Å². The summed E-state index contributed by atoms with van der Waals surface area (Å²) in [5.74, 6) is -0.589. The van der Waals surface area contributed by atoms with Crippen molar-refractivity contribution in [3.05, 3.63) is 73.7 Å². The van der Waals surface area contributed by atoms with Gasteiger partial charge in [0, 0.05) is 21.7 Å². The molecule has 0 aliphatic carbocycles. The highest BCUT2D eigenvalue weighted by Crippen LogP contribution is 2.21. The summed E-state index contributed by atoms with van der Waals surface area (Å²) in [5.41, 5.74) is 1.40. The van der Waals surface area contributed by atoms with E-state index in [1.54, 1.807) is 6.92 Å². The van der Waals surface area contributed by atoms with Crippen molar-refractivity contribution in [3.8, 4) is 0 Å². The number of esters is 1. The van der Waals surface area contributed by atoms with Crippen molar-refractivity contribution in [2.75, 3.05) is 0 Å². The third-order valence-corrected chi connectivity index (χ3v) is 3.73. The Morgan fingerprint density at radius 2 is 2.00 bits per heavy atom. The molecule has 0 N–H and O–H groups in total. The number of hydrogen-bond acceptors (Lipinski definition) is 4. The number of rotatable bonds is 4. The van der Waals surface area contributed by atoms with Gasteiger partial charge in [0.1, 0.15) is 6.61 Å². The molecule has 2 rings (SSSR count). The van der Waals surface area contributed by atoms with Gasteiger partial charge in [-0.3, -0.25) is 10.1 Å². The van der Waals surface area contributed by atoms with Gasteiger partial charge in [-0.15, -0.1) is 0 Å². The molecule has 2 aromatic rings. The summed E-state index contributed by atoms with van der Waals surface area (Å²) in [5, 5.41) is 10.9. The first-order valence-corrected chi connectivity index (χ1v) is 6.94. The van der Waals surface area contributed by atoms with E-state index < -0.39 is 10.9 Å². The third-order valence-electron chi connectivity index (χ3n) is 2.96. The van der Waals surface area contributed by atoms with Crippen molar-refractivity contribution in [2.24, 2.45) is 0 Å². The second-order valence-electron chi connectivity index (χ2n) is 4.43. The number of carbonyl (C=O) groups excluding carboxylic acids is 1. The SMILES string of the molecule is Cc1ccc(C(=O)OCc2ccccc2Br)cc1[N+](=O)[O-]. The van der Waals surface area contributed by atoms with Crippen molar-refractivity contribution in [2.45, 2.75) is 13.5 Å². The van der Waals surface area contributed by atoms with E-state index in [9.17, 15) is 14.9 Å². The molecule has 0 aromatic heterocycles. The highest BCUT2D eigenvalue weighted by molar-refractivity contribution is 9.10. The normalized spacial score (nSPS) is 10.2. The standard InChI is InChI=1S/C15H12BrNO4/c1-10-6-7-11(8-14(10)17(19)20)15(18)21-9-12-4-2-3-5-13(12)16/h2-8H,9H2,1H3. The summed E-state index contributed by atoms with van der Waals surface area (Å²) in [6.45, 7) is 1.72. The van der Waals surface area contributed by atoms with E-state index in [1.165, 1.54) is 18.2 Å². The summed E-state index contributed by atoms with van der Waals surface area (Å²) < 4.78 is 6.02. The number of benzene rings is 2. The molecule has 0 aliphatic heterocycles. The summed E-state index contributed by atoms with van der Waals surface area (Å²) in [6.07, 6.45) is 0. The first-order valence-electron chi connectivity index (χ1n) is 6.14. The average Bonchev–Trinajstić information content (AvgIpc) is 2.46. The van der Waals surface area contributed by atoms with E-state index in [1.807, 2.05) is 24.3 Å². The highest BCUT2D eigenvalue weighted by Gasteiger charge is 2.16. The number of aryl methyl sites for hydroxylation is 1. The number of carbonyl (C=O) groups is 1. The zero-order valence-electron chi connectivity index (χ0n) is 11.2. The summed E-state index contributed by atoms with van der Waals surface area (Å²) >= 11 is 3.36. The van der Waals surface area contributed by atoms with E-state index in [4.69, 9.17) is 4.74 Å². The molecule has 0 bridgehead atoms. The van der Waals surface area contributed by atoms with Crippen molar-refractivity contribution in [1.29, 1.82) is 0 Å². The van der Waals surface area contributed by atoms with E-state index >= 15 is 0 Å². The smallest absolute Gasteiger partial charge is 0.338 e. The Balaban J connectivity index is 2.12. The van der Waals surface area contributed by atoms with Gasteiger partial charge in [0.2, 0.25) is 0 Å². The van der Waals surface area contributed by atoms with Crippen LogP contribution in [0.2, 0.25) is 0 Å². The molecule has 5 nitrogen and oxygen atoms in total. The van der Waals surface area contributed by atoms with E-state index in [-0.39, 0.29) is 17.9 Å². The monoisotopic (exact) mass is 349 g/mol. The molecule has 0 unspecified atom stereocenters. The second-order valence-corrected chi connectivity index (χ2v) is 5.28. The number of nitro benzene ring substituents is 1. The Morgan fingerprint density at radius 3 is 2.67 bits per heavy atom. The fraction of sp³-hybridized carbons (Fsp3) is 0.133. The highest BCUT2D eigenvalue weighted by atomic mass is 79.9. The molecule has 0 amide bonds. The Bertz CT molecular complexity index is 700. The van der Waals surface area contributed by atoms with E-state index in [0.717, 1.165) is 10.0 Å². The molecule has 0 radical (unpaired) electrons. The van der Waals surface area contributed by atoms with Crippen LogP contribution in [0.5, 0.6) is 0 Å². The molecule has 0 spiro atoms. The molecule has 0 fully saturated rings. The van der Waals surface area contributed by atoms with E-state index in [2.05, 4.69) is 15.9 Å². The molecule has 0 saturated carbocycles. The van der Waals surface area contributed by atoms with Crippen molar-refractivity contribution < 1.29 is 14.5 Å². The summed E-state index contributed by atoms with van der Waals surface area (Å²) in [7, 11) is 0. The second kappa shape index (κ2) is 6.49. The first-order chi connectivity index (χ1) is 9.99. The third kappa shape index (κ3) is 3.66. The lowest BCUT2D eigenvalue weighted by molar-refractivity contribution is -0.385. The molecular formula is C15H12BrNO4. The lowest BCUT2D eigenvalue weighted by atomic mass is 10.1. The number of ether oxygens (including phenoxy) is 1. The predicted molar refractivity (Wildman–Crippen MR) is 81.1 cm³/mol. The van der Waals surface area contributed by atoms with Crippen molar-refractivity contribution in [3.63, 3.8) is 0 Å². The molecule has 108 valence electrons. The van der Waals surface area contributed by atoms with Crippen LogP contribution < -0.4 is 0 Å². The molecule has 6 heteroatoms. The molecule has 0 aliphatic rings. The van der Waals surface area contributed by atoms with Crippen LogP contribution in [0.3, 0.4) is 0 Å². The topological polar surface area (TPSA) is 69.4 Å². The molecule has 21 heavy (non-hydrogen) atoms. The lowest BCUT2D eigenvalue weighted by Crippen LogP contribution is -2.06. The van der Waals surface area contributed by atoms with Gasteiger partial charge in [0.05, 0.1) is 10.5 Å². The predicted octanol–water partition coefficient (Wildman–Crippen LogP) is 4.02. The van der Waals surface area contributed by atoms with Crippen LogP contribution in [0.1, 0.15) is 21.5 Å². The minimum atomic E-state index is -0.589. The van der Waals surface area contributed by atoms with Gasteiger partial charge >= 0.3 is 5.97 Å². The maximum atomic E-state index is 12.0. The largest absolute Gasteiger partial charge is 0.457 e. The van der Waals surface area contributed by atoms with Gasteiger partial charge in [-0.25, -0.2) is 4.79 Å². The van der Waals surface area contributed by atoms with Crippen LogP contribution in [0.15, 0.2) is 46.9 Å². The van der Waals surface area contributed by atoms with Gasteiger partial charge in [-0.2, -0.15) is 0 Å². The van der Waals surface area contributed by atoms with Crippen LogP contribution in [0.4, 0.5) is 5.69 Å². The Morgan fingerprint density at radius 1 is 1.29 bits per heavy atom. The van der Waals surface area contributed by atoms with Crippen LogP contribution in [0, 0.1) is 17.0 Å². The maximum absolute atomic E-state index is 12.0. The van der Waals surface area contributed by atoms with E-state index in [0.29, 0.717) is 5.56 Å². The van der Waals surface area contributed by atoms with Crippen molar-refractivity contribution >= 4 is 27.6 Å². The van der Waals surface area contributed by atoms with Crippen LogP contribution in [0.25, 0.3) is 0 Å². The van der Waals surface area contributed by atoms with Crippen molar-refractivity contribution in [1.82, 2.24) is 0 Å². The van der Waals surface area contributed by atoms with Crippen LogP contribution in [-0.4, -0.2) is 10.9 Å². The quantitative estimate of drug-likeness (QED) is 0.474. The number of nitro groups is 1. The molecule has 0 heterocycles. The Hall–Kier alpha value is -2.21. The summed E-state index contributed by atoms with van der Waals surface area (Å²) in [4.78, 5) is 22.3. The fourth-order valence-corrected chi connectivity index (χ4v) is 2.17. The van der Waals surface area contributed by atoms with Gasteiger partial charge in [0.15, 0.2) is 0 Å². The van der Waals surface area contributed by atoms with Crippen LogP contribution >= 0.6 is 15.9 Å². The van der Waals surface area contributed by atoms with Gasteiger partial charge in [-0.05, 0) is 19.1 Å². The van der Waals surface area contributed by atoms with Gasteiger partial charge in [-0.1, -0.05) is 40.2 Å². The molecule has 0 saturated heterocycles. The number of halogens is 1. The first kappa shape index (κ1) is 15.2. The lowest BCUT2D eigenvalue weighted by Gasteiger charge is -2.07. The zero-order valence-corrected chi connectivity index (χ0v) is 12.8. The van der Waals surface area contributed by atoms with Gasteiger partial charge in [0.25, 0.3) is 5.69 Å². The number of hydrogen-bond donors (Lipinski definition) is 0. The minimum Gasteiger partial charge on any atom is -0.457 e. The Kier molecular flexibility index (Phi) is 4.70. The fourth-order valence-electron chi connectivity index (χ4n) is 1.78. The summed E-state index contributed by atoms with van der Waals surface area (Å²) in [6, 6.07) is 11.7. The molecule has 0 atom stereocenters. The zero-order chi connectivity index (χ0) is 15.4. The Labute approximate surface area is 129 Å². The average molecular weight is 350 g/mol. The molecular weight excluding hydrogens is 338 g/mol. The molecule has 2 aromatic carbocycles. The van der Waals surface area contributed by atoms with Gasteiger partial charge < -0.3 is 4.74 Å². The maximum Gasteiger partial charge on any atom is 0.338 e.